The van der Waals surface area contributed by atoms with Crippen molar-refractivity contribution in [3.05, 3.63) is 39.8 Å². The number of nitrogens with one attached hydrogen (secondary N) is 2. The number of amidine groups is 1. The molecule has 1 aromatic carbocycles. The number of hydrogen-bond donors (Lipinski definition) is 2. The molecule has 2 N–H and O–H groups in total. The van der Waals surface area contributed by atoms with Gasteiger partial charge in [0.1, 0.15) is 6.04 Å². The van der Waals surface area contributed by atoms with Crippen LogP contribution in [-0.2, 0) is 14.3 Å². The summed E-state index contributed by atoms with van der Waals surface area (Å²) in [6.07, 6.45) is 4.16. The van der Waals surface area contributed by atoms with Crippen LogP contribution in [0.15, 0.2) is 32.9 Å². The lowest BCUT2D eigenvalue weighted by Crippen LogP contribution is -2.35. The number of rotatable bonds is 12. The number of ether oxygens (including phenoxy) is 4. The Morgan fingerprint density at radius 2 is 1.86 bits per heavy atom. The highest BCUT2D eigenvalue weighted by atomic mass is 32.2. The van der Waals surface area contributed by atoms with E-state index in [2.05, 4.69) is 30.6 Å². The van der Waals surface area contributed by atoms with Gasteiger partial charge in [-0.25, -0.2) is 19.6 Å². The number of amides is 3. The van der Waals surface area contributed by atoms with Crippen molar-refractivity contribution in [2.24, 2.45) is 9.98 Å². The molecule has 0 radical (unpaired) electrons. The van der Waals surface area contributed by atoms with Gasteiger partial charge < -0.3 is 34.5 Å². The van der Waals surface area contributed by atoms with Gasteiger partial charge in [-0.3, -0.25) is 19.4 Å². The number of esters is 2. The highest BCUT2D eigenvalue weighted by molar-refractivity contribution is 8.14. The van der Waals surface area contributed by atoms with Crippen molar-refractivity contribution in [2.75, 3.05) is 37.9 Å². The summed E-state index contributed by atoms with van der Waals surface area (Å²) in [6.45, 7) is 2.76. The molecule has 1 saturated heterocycles. The molecule has 3 amide bonds. The standard InChI is InChI=1S/C31H31N7O9S3/c1-3-45-27(42)20-15-50-31(35-20)47-28(43)21-14-49-30(34-21)37-25(40)19-13-48-29(33-19)36-24(39)7-5-9-46-23-11-18-17(10-22(23)44-2)26(41)38-8-4-6-16(38)12-32-18/h10-12,14-16,19H,3-9,13H2,1-2H3,(H,33,36,39)(H,34,37,40)/t16-,19?/m0/s1. The van der Waals surface area contributed by atoms with Gasteiger partial charge in [-0.2, -0.15) is 4.98 Å². The molecule has 16 nitrogen and oxygen atoms in total. The highest BCUT2D eigenvalue weighted by Gasteiger charge is 2.33. The lowest BCUT2D eigenvalue weighted by molar-refractivity contribution is -0.120. The molecule has 3 aromatic rings. The van der Waals surface area contributed by atoms with Gasteiger partial charge in [0.25, 0.3) is 17.0 Å². The summed E-state index contributed by atoms with van der Waals surface area (Å²) in [6, 6.07) is 2.55. The smallest absolute Gasteiger partial charge is 0.365 e. The normalized spacial score (nSPS) is 17.7. The average Bonchev–Trinajstić information content (AvgIpc) is 3.93. The zero-order valence-electron chi connectivity index (χ0n) is 26.8. The van der Waals surface area contributed by atoms with Crippen molar-refractivity contribution in [2.45, 2.75) is 44.7 Å². The third-order valence-electron chi connectivity index (χ3n) is 7.56. The van der Waals surface area contributed by atoms with Gasteiger partial charge in [0.2, 0.25) is 5.91 Å². The molecule has 6 rings (SSSR count). The molecule has 2 atom stereocenters. The first-order valence-corrected chi connectivity index (χ1v) is 18.3. The molecule has 0 saturated carbocycles. The quantitative estimate of drug-likeness (QED) is 0.202. The number of benzene rings is 1. The van der Waals surface area contributed by atoms with Crippen molar-refractivity contribution in [1.29, 1.82) is 0 Å². The Kier molecular flexibility index (Phi) is 11.0. The first-order valence-electron chi connectivity index (χ1n) is 15.5. The molecule has 0 bridgehead atoms. The predicted octanol–water partition coefficient (Wildman–Crippen LogP) is 3.71. The third-order valence-corrected chi connectivity index (χ3v) is 9.99. The first-order chi connectivity index (χ1) is 24.2. The molecule has 1 fully saturated rings. The van der Waals surface area contributed by atoms with Crippen molar-refractivity contribution >= 4 is 86.3 Å². The Hall–Kier alpha value is -4.88. The molecule has 1 unspecified atom stereocenters. The molecule has 0 spiro atoms. The summed E-state index contributed by atoms with van der Waals surface area (Å²) in [5.74, 6) is -1.11. The first kappa shape index (κ1) is 35.0. The van der Waals surface area contributed by atoms with Gasteiger partial charge in [-0.05, 0) is 32.3 Å². The molecule has 262 valence electrons. The Morgan fingerprint density at radius 3 is 2.68 bits per heavy atom. The second kappa shape index (κ2) is 15.8. The predicted molar refractivity (Wildman–Crippen MR) is 186 cm³/mol. The van der Waals surface area contributed by atoms with E-state index in [0.717, 1.165) is 35.5 Å². The largest absolute Gasteiger partial charge is 0.493 e. The van der Waals surface area contributed by atoms with Gasteiger partial charge in [0.15, 0.2) is 33.2 Å². The number of carbonyl (C=O) groups excluding carboxylic acids is 5. The highest BCUT2D eigenvalue weighted by Crippen LogP contribution is 2.38. The summed E-state index contributed by atoms with van der Waals surface area (Å²) >= 11 is 3.21. The molecule has 0 aliphatic carbocycles. The van der Waals surface area contributed by atoms with E-state index in [0.29, 0.717) is 46.6 Å². The Morgan fingerprint density at radius 1 is 1.04 bits per heavy atom. The van der Waals surface area contributed by atoms with E-state index in [9.17, 15) is 24.0 Å². The van der Waals surface area contributed by atoms with Crippen molar-refractivity contribution in [3.63, 3.8) is 0 Å². The van der Waals surface area contributed by atoms with Crippen molar-refractivity contribution in [1.82, 2.24) is 20.2 Å². The van der Waals surface area contributed by atoms with Gasteiger partial charge >= 0.3 is 11.9 Å². The number of methoxy groups -OCH3 is 1. The fourth-order valence-electron chi connectivity index (χ4n) is 5.14. The maximum absolute atomic E-state index is 13.1. The van der Waals surface area contributed by atoms with E-state index in [1.54, 1.807) is 25.3 Å². The van der Waals surface area contributed by atoms with Crippen LogP contribution in [0.5, 0.6) is 16.7 Å². The van der Waals surface area contributed by atoms with Gasteiger partial charge in [-0.1, -0.05) is 23.1 Å². The van der Waals surface area contributed by atoms with Crippen LogP contribution >= 0.6 is 34.4 Å². The molecular formula is C31H31N7O9S3. The molecule has 3 aliphatic rings. The summed E-state index contributed by atoms with van der Waals surface area (Å²) in [7, 11) is 1.50. The zero-order chi connectivity index (χ0) is 35.2. The molecule has 50 heavy (non-hydrogen) atoms. The Balaban J connectivity index is 0.943. The second-order valence-electron chi connectivity index (χ2n) is 10.9. The van der Waals surface area contributed by atoms with Crippen LogP contribution in [0.25, 0.3) is 0 Å². The number of fused-ring (bicyclic) bond motifs is 2. The molecule has 2 aromatic heterocycles. The Labute approximate surface area is 297 Å². The molecular weight excluding hydrogens is 711 g/mol. The fourth-order valence-corrected chi connectivity index (χ4v) is 7.39. The lowest BCUT2D eigenvalue weighted by Gasteiger charge is -2.20. The zero-order valence-corrected chi connectivity index (χ0v) is 29.3. The van der Waals surface area contributed by atoms with E-state index in [4.69, 9.17) is 18.9 Å². The fraction of sp³-hybridized carbons (Fsp3) is 0.387. The van der Waals surface area contributed by atoms with Crippen LogP contribution in [0.1, 0.15) is 63.9 Å². The topological polar surface area (TPSA) is 200 Å². The summed E-state index contributed by atoms with van der Waals surface area (Å²) in [5.41, 5.74) is 0.959. The van der Waals surface area contributed by atoms with Crippen molar-refractivity contribution in [3.8, 4) is 16.7 Å². The average molecular weight is 742 g/mol. The van der Waals surface area contributed by atoms with Gasteiger partial charge in [-0.15, -0.1) is 11.3 Å². The van der Waals surface area contributed by atoms with Crippen LogP contribution in [0.4, 0.5) is 10.8 Å². The van der Waals surface area contributed by atoms with E-state index >= 15 is 0 Å². The number of anilines is 1. The molecule has 5 heterocycles. The number of thiazole rings is 2. The number of aromatic nitrogens is 2. The van der Waals surface area contributed by atoms with Gasteiger partial charge in [0.05, 0.1) is 37.6 Å². The van der Waals surface area contributed by atoms with Crippen LogP contribution in [0, 0.1) is 0 Å². The summed E-state index contributed by atoms with van der Waals surface area (Å²) < 4.78 is 21.4. The number of aliphatic imine (C=N–C) groups is 2. The maximum Gasteiger partial charge on any atom is 0.365 e. The number of hydrogen-bond acceptors (Lipinski definition) is 16. The van der Waals surface area contributed by atoms with Crippen molar-refractivity contribution < 1.29 is 42.9 Å². The van der Waals surface area contributed by atoms with E-state index in [1.807, 2.05) is 4.90 Å². The van der Waals surface area contributed by atoms with Crippen LogP contribution < -0.4 is 24.8 Å². The van der Waals surface area contributed by atoms with E-state index in [1.165, 1.54) is 29.6 Å². The SMILES string of the molecule is CCOC(=O)c1csc(OC(=O)c2csc(NC(=O)C3CSC(NC(=O)CCCOc4cc5c(cc4OC)C(=O)N4CCC[C@H]4C=N5)=N3)n2)n1. The van der Waals surface area contributed by atoms with Crippen LogP contribution in [0.3, 0.4) is 0 Å². The second-order valence-corrected chi connectivity index (χ2v) is 13.6. The maximum atomic E-state index is 13.1. The minimum atomic E-state index is -0.806. The van der Waals surface area contributed by atoms with Gasteiger partial charge in [0, 0.05) is 41.8 Å². The molecule has 19 heteroatoms. The minimum absolute atomic E-state index is 0.00742. The summed E-state index contributed by atoms with van der Waals surface area (Å²) in [5, 5.41) is 8.62. The van der Waals surface area contributed by atoms with Crippen LogP contribution in [0.2, 0.25) is 0 Å². The number of carbonyl (C=O) groups is 5. The minimum Gasteiger partial charge on any atom is -0.493 e. The van der Waals surface area contributed by atoms with Crippen LogP contribution in [-0.4, -0.2) is 101 Å². The van der Waals surface area contributed by atoms with E-state index in [-0.39, 0.29) is 59.2 Å². The van der Waals surface area contributed by atoms with E-state index < -0.39 is 23.9 Å². The Bertz CT molecular complexity index is 1870. The third kappa shape index (κ3) is 8.11. The monoisotopic (exact) mass is 741 g/mol. The molecule has 3 aliphatic heterocycles. The number of nitrogens with zero attached hydrogens (tertiary/aromatic N) is 5. The summed E-state index contributed by atoms with van der Waals surface area (Å²) in [4.78, 5) is 81.4. The number of thioether (sulfide) groups is 1. The lowest BCUT2D eigenvalue weighted by atomic mass is 10.1.